The average Bonchev–Trinajstić information content (AvgIpc) is 2.31. The summed E-state index contributed by atoms with van der Waals surface area (Å²) in [5, 5.41) is 9.87. The van der Waals surface area contributed by atoms with Crippen molar-refractivity contribution in [2.45, 2.75) is 70.6 Å². The summed E-state index contributed by atoms with van der Waals surface area (Å²) in [7, 11) is 0. The molecule has 0 bridgehead atoms. The van der Waals surface area contributed by atoms with Gasteiger partial charge in [-0.1, -0.05) is 6.08 Å². The molecule has 0 aliphatic carbocycles. The predicted molar refractivity (Wildman–Crippen MR) is 64.2 cm³/mol. The Labute approximate surface area is 98.4 Å². The number of hydrogen-bond donors (Lipinski definition) is 1. The summed E-state index contributed by atoms with van der Waals surface area (Å²) < 4.78 is 11.7. The first-order chi connectivity index (χ1) is 7.08. The van der Waals surface area contributed by atoms with Crippen molar-refractivity contribution in [3.05, 3.63) is 12.7 Å². The molecule has 1 saturated heterocycles. The number of rotatable bonds is 4. The lowest BCUT2D eigenvalue weighted by molar-refractivity contribution is -0.158. The molecule has 1 N–H and O–H groups in total. The highest BCUT2D eigenvalue weighted by Gasteiger charge is 2.46. The second kappa shape index (κ2) is 4.13. The Hall–Kier alpha value is -0.380. The van der Waals surface area contributed by atoms with E-state index in [1.165, 1.54) is 0 Å². The molecule has 2 atom stereocenters. The molecule has 0 aromatic heterocycles. The maximum Gasteiger partial charge on any atom is 0.164 e. The zero-order valence-corrected chi connectivity index (χ0v) is 11.0. The SMILES string of the molecule is C=CC(C)(O)CCC1OC(C)(C)OC1(C)C. The van der Waals surface area contributed by atoms with E-state index >= 15 is 0 Å². The van der Waals surface area contributed by atoms with E-state index in [0.717, 1.165) is 6.42 Å². The van der Waals surface area contributed by atoms with Gasteiger partial charge in [-0.2, -0.15) is 0 Å². The van der Waals surface area contributed by atoms with Crippen molar-refractivity contribution in [1.82, 2.24) is 0 Å². The lowest BCUT2D eigenvalue weighted by Crippen LogP contribution is -2.35. The molecule has 0 aromatic rings. The zero-order valence-electron chi connectivity index (χ0n) is 11.0. The van der Waals surface area contributed by atoms with E-state index in [1.54, 1.807) is 13.0 Å². The van der Waals surface area contributed by atoms with Crippen LogP contribution in [-0.2, 0) is 9.47 Å². The van der Waals surface area contributed by atoms with Crippen molar-refractivity contribution in [2.24, 2.45) is 0 Å². The van der Waals surface area contributed by atoms with Gasteiger partial charge in [-0.25, -0.2) is 0 Å². The third-order valence-electron chi connectivity index (χ3n) is 3.06. The minimum atomic E-state index is -0.827. The first-order valence-electron chi connectivity index (χ1n) is 5.82. The van der Waals surface area contributed by atoms with Crippen LogP contribution in [0.25, 0.3) is 0 Å². The van der Waals surface area contributed by atoms with Gasteiger partial charge in [-0.15, -0.1) is 6.58 Å². The van der Waals surface area contributed by atoms with E-state index in [2.05, 4.69) is 6.58 Å². The van der Waals surface area contributed by atoms with E-state index in [-0.39, 0.29) is 11.7 Å². The first-order valence-corrected chi connectivity index (χ1v) is 5.82. The van der Waals surface area contributed by atoms with Crippen LogP contribution in [-0.4, -0.2) is 28.2 Å². The molecule has 0 spiro atoms. The Morgan fingerprint density at radius 3 is 2.31 bits per heavy atom. The van der Waals surface area contributed by atoms with E-state index < -0.39 is 11.4 Å². The van der Waals surface area contributed by atoms with Crippen molar-refractivity contribution in [2.75, 3.05) is 0 Å². The monoisotopic (exact) mass is 228 g/mol. The highest BCUT2D eigenvalue weighted by atomic mass is 16.8. The molecule has 3 heteroatoms. The lowest BCUT2D eigenvalue weighted by Gasteiger charge is -2.26. The molecule has 94 valence electrons. The molecule has 3 nitrogen and oxygen atoms in total. The molecular formula is C13H24O3. The molecular weight excluding hydrogens is 204 g/mol. The van der Waals surface area contributed by atoms with E-state index in [9.17, 15) is 5.11 Å². The van der Waals surface area contributed by atoms with Crippen LogP contribution in [0.15, 0.2) is 12.7 Å². The lowest BCUT2D eigenvalue weighted by atomic mass is 9.92. The average molecular weight is 228 g/mol. The summed E-state index contributed by atoms with van der Waals surface area (Å²) in [4.78, 5) is 0. The quantitative estimate of drug-likeness (QED) is 0.752. The Morgan fingerprint density at radius 2 is 1.94 bits per heavy atom. The summed E-state index contributed by atoms with van der Waals surface area (Å²) in [6.45, 7) is 13.3. The maximum absolute atomic E-state index is 9.87. The van der Waals surface area contributed by atoms with Crippen molar-refractivity contribution in [3.8, 4) is 0 Å². The summed E-state index contributed by atoms with van der Waals surface area (Å²) in [5.74, 6) is -0.534. The highest BCUT2D eigenvalue weighted by Crippen LogP contribution is 2.38. The molecule has 0 amide bonds. The van der Waals surface area contributed by atoms with Crippen molar-refractivity contribution < 1.29 is 14.6 Å². The van der Waals surface area contributed by atoms with Crippen LogP contribution in [0.3, 0.4) is 0 Å². The second-order valence-corrected chi connectivity index (χ2v) is 5.81. The van der Waals surface area contributed by atoms with E-state index in [1.807, 2.05) is 27.7 Å². The number of ether oxygens (including phenoxy) is 2. The van der Waals surface area contributed by atoms with Crippen LogP contribution in [0, 0.1) is 0 Å². The standard InChI is InChI=1S/C13H24O3/c1-7-13(6,14)9-8-10-11(2,3)16-12(4,5)15-10/h7,10,14H,1,8-9H2,2-6H3. The van der Waals surface area contributed by atoms with E-state index in [0.29, 0.717) is 6.42 Å². The van der Waals surface area contributed by atoms with Crippen molar-refractivity contribution >= 4 is 0 Å². The summed E-state index contributed by atoms with van der Waals surface area (Å²) in [5.41, 5.74) is -1.13. The molecule has 1 heterocycles. The fourth-order valence-electron chi connectivity index (χ4n) is 2.14. The first kappa shape index (κ1) is 13.7. The van der Waals surface area contributed by atoms with E-state index in [4.69, 9.17) is 9.47 Å². The Balaban J connectivity index is 2.59. The number of hydrogen-bond acceptors (Lipinski definition) is 3. The van der Waals surface area contributed by atoms with Gasteiger partial charge >= 0.3 is 0 Å². The topological polar surface area (TPSA) is 38.7 Å². The molecule has 0 radical (unpaired) electrons. The number of aliphatic hydroxyl groups is 1. The minimum absolute atomic E-state index is 0.00826. The van der Waals surface area contributed by atoms with Crippen molar-refractivity contribution in [3.63, 3.8) is 0 Å². The fraction of sp³-hybridized carbons (Fsp3) is 0.846. The minimum Gasteiger partial charge on any atom is -0.386 e. The van der Waals surface area contributed by atoms with Gasteiger partial charge in [0, 0.05) is 0 Å². The summed E-state index contributed by atoms with van der Waals surface area (Å²) in [6.07, 6.45) is 2.97. The molecule has 1 rings (SSSR count). The molecule has 1 fully saturated rings. The Kier molecular flexibility index (Phi) is 3.53. The third kappa shape index (κ3) is 3.30. The molecule has 0 aromatic carbocycles. The highest BCUT2D eigenvalue weighted by molar-refractivity contribution is 4.95. The zero-order chi connectivity index (χ0) is 12.6. The predicted octanol–water partition coefficient (Wildman–Crippen LogP) is 2.63. The third-order valence-corrected chi connectivity index (χ3v) is 3.06. The molecule has 0 saturated carbocycles. The summed E-state index contributed by atoms with van der Waals surface area (Å²) in [6, 6.07) is 0. The van der Waals surface area contributed by atoms with Crippen LogP contribution in [0.4, 0.5) is 0 Å². The van der Waals surface area contributed by atoms with Crippen LogP contribution < -0.4 is 0 Å². The van der Waals surface area contributed by atoms with Gasteiger partial charge in [-0.3, -0.25) is 0 Å². The van der Waals surface area contributed by atoms with Gasteiger partial charge < -0.3 is 14.6 Å². The van der Waals surface area contributed by atoms with Gasteiger partial charge in [0.15, 0.2) is 5.79 Å². The molecule has 1 aliphatic rings. The van der Waals surface area contributed by atoms with Crippen LogP contribution >= 0.6 is 0 Å². The van der Waals surface area contributed by atoms with Gasteiger partial charge in [0.1, 0.15) is 0 Å². The van der Waals surface area contributed by atoms with Gasteiger partial charge in [-0.05, 0) is 47.5 Å². The largest absolute Gasteiger partial charge is 0.386 e. The van der Waals surface area contributed by atoms with Gasteiger partial charge in [0.05, 0.1) is 17.3 Å². The van der Waals surface area contributed by atoms with Gasteiger partial charge in [0.25, 0.3) is 0 Å². The molecule has 16 heavy (non-hydrogen) atoms. The Morgan fingerprint density at radius 1 is 1.38 bits per heavy atom. The van der Waals surface area contributed by atoms with Crippen LogP contribution in [0.5, 0.6) is 0 Å². The normalized spacial score (nSPS) is 31.0. The Bertz CT molecular complexity index is 266. The second-order valence-electron chi connectivity index (χ2n) is 5.81. The van der Waals surface area contributed by atoms with Crippen molar-refractivity contribution in [1.29, 1.82) is 0 Å². The molecule has 2 unspecified atom stereocenters. The van der Waals surface area contributed by atoms with Crippen LogP contribution in [0.2, 0.25) is 0 Å². The smallest absolute Gasteiger partial charge is 0.164 e. The van der Waals surface area contributed by atoms with Gasteiger partial charge in [0.2, 0.25) is 0 Å². The molecule has 1 aliphatic heterocycles. The van der Waals surface area contributed by atoms with Crippen LogP contribution in [0.1, 0.15) is 47.5 Å². The fourth-order valence-corrected chi connectivity index (χ4v) is 2.14. The summed E-state index contributed by atoms with van der Waals surface area (Å²) >= 11 is 0. The maximum atomic E-state index is 9.87.